The number of aromatic amines is 1. The normalized spacial score (nSPS) is 21.6. The van der Waals surface area contributed by atoms with Gasteiger partial charge >= 0.3 is 0 Å². The van der Waals surface area contributed by atoms with Gasteiger partial charge in [0.2, 0.25) is 11.8 Å². The van der Waals surface area contributed by atoms with E-state index in [0.29, 0.717) is 30.3 Å². The smallest absolute Gasteiger partial charge is 0.228 e. The zero-order valence-electron chi connectivity index (χ0n) is 18.9. The van der Waals surface area contributed by atoms with Gasteiger partial charge in [-0.1, -0.05) is 0 Å². The Bertz CT molecular complexity index is 1250. The standard InChI is InChI=1S/C20H23N7O2/c1-28-13-5-3-12(4-6-13)23-20-25-18-17(19(26-20)29-2)14(11-21-18)15-8-10-27-16(24-15)7-9-22-27/h7-13H,3-6H2,1-2H3,(H2,21,23,25,26)/i1D3. The topological polar surface area (TPSA) is 102 Å². The Kier molecular flexibility index (Phi) is 3.72. The summed E-state index contributed by atoms with van der Waals surface area (Å²) in [6.45, 7) is 0. The van der Waals surface area contributed by atoms with E-state index in [1.54, 1.807) is 17.8 Å². The maximum Gasteiger partial charge on any atom is 0.228 e. The summed E-state index contributed by atoms with van der Waals surface area (Å²) < 4.78 is 34.2. The molecule has 1 aliphatic rings. The Morgan fingerprint density at radius 2 is 2.10 bits per heavy atom. The average molecular weight is 396 g/mol. The summed E-state index contributed by atoms with van der Waals surface area (Å²) in [4.78, 5) is 17.1. The van der Waals surface area contributed by atoms with Gasteiger partial charge < -0.3 is 19.8 Å². The Labute approximate surface area is 171 Å². The second-order valence-corrected chi connectivity index (χ2v) is 7.17. The third-order valence-electron chi connectivity index (χ3n) is 5.40. The summed E-state index contributed by atoms with van der Waals surface area (Å²) in [5, 5.41) is 8.29. The van der Waals surface area contributed by atoms with E-state index in [-0.39, 0.29) is 12.1 Å². The minimum absolute atomic E-state index is 0.133. The van der Waals surface area contributed by atoms with Crippen LogP contribution in [0.3, 0.4) is 0 Å². The molecule has 4 aromatic heterocycles. The number of hydrogen-bond acceptors (Lipinski definition) is 7. The number of hydrogen-bond donors (Lipinski definition) is 2. The number of nitrogens with zero attached hydrogens (tertiary/aromatic N) is 5. The summed E-state index contributed by atoms with van der Waals surface area (Å²) in [6.07, 6.45) is 8.04. The van der Waals surface area contributed by atoms with Crippen molar-refractivity contribution >= 4 is 22.6 Å². The minimum atomic E-state index is -2.35. The Balaban J connectivity index is 1.37. The van der Waals surface area contributed by atoms with Crippen molar-refractivity contribution in [3.05, 3.63) is 30.7 Å². The Morgan fingerprint density at radius 3 is 2.93 bits per heavy atom. The summed E-state index contributed by atoms with van der Waals surface area (Å²) in [6, 6.07) is 3.86. The molecule has 0 saturated heterocycles. The maximum atomic E-state index is 7.26. The van der Waals surface area contributed by atoms with Gasteiger partial charge in [-0.05, 0) is 31.7 Å². The molecule has 0 radical (unpaired) electrons. The molecule has 0 amide bonds. The molecule has 4 heterocycles. The molecule has 150 valence electrons. The van der Waals surface area contributed by atoms with E-state index in [1.807, 2.05) is 24.5 Å². The molecular weight excluding hydrogens is 370 g/mol. The molecule has 0 aliphatic heterocycles. The largest absolute Gasteiger partial charge is 0.480 e. The highest BCUT2D eigenvalue weighted by molar-refractivity contribution is 5.97. The molecule has 0 atom stereocenters. The summed E-state index contributed by atoms with van der Waals surface area (Å²) >= 11 is 0. The quantitative estimate of drug-likeness (QED) is 0.534. The number of rotatable bonds is 5. The van der Waals surface area contributed by atoms with Gasteiger partial charge in [0.25, 0.3) is 0 Å². The fourth-order valence-electron chi connectivity index (χ4n) is 3.88. The van der Waals surface area contributed by atoms with Crippen LogP contribution >= 0.6 is 0 Å². The van der Waals surface area contributed by atoms with E-state index < -0.39 is 7.04 Å². The lowest BCUT2D eigenvalue weighted by atomic mass is 9.93. The molecule has 0 aromatic carbocycles. The first kappa shape index (κ1) is 14.7. The highest BCUT2D eigenvalue weighted by atomic mass is 16.5. The second-order valence-electron chi connectivity index (χ2n) is 7.17. The molecule has 4 aromatic rings. The van der Waals surface area contributed by atoms with Crippen molar-refractivity contribution in [3.63, 3.8) is 0 Å². The summed E-state index contributed by atoms with van der Waals surface area (Å²) in [7, 11) is -0.775. The Morgan fingerprint density at radius 1 is 1.21 bits per heavy atom. The molecule has 29 heavy (non-hydrogen) atoms. The van der Waals surface area contributed by atoms with Crippen LogP contribution in [0, 0.1) is 0 Å². The van der Waals surface area contributed by atoms with Crippen LogP contribution in [0.25, 0.3) is 27.9 Å². The average Bonchev–Trinajstić information content (AvgIpc) is 3.40. The number of H-pyrrole nitrogens is 1. The van der Waals surface area contributed by atoms with E-state index in [1.165, 1.54) is 0 Å². The van der Waals surface area contributed by atoms with E-state index in [4.69, 9.17) is 13.6 Å². The molecule has 1 fully saturated rings. The van der Waals surface area contributed by atoms with Crippen molar-refractivity contribution in [1.82, 2.24) is 29.5 Å². The van der Waals surface area contributed by atoms with Crippen LogP contribution < -0.4 is 10.1 Å². The number of fused-ring (bicyclic) bond motifs is 2. The van der Waals surface area contributed by atoms with E-state index in [0.717, 1.165) is 35.1 Å². The van der Waals surface area contributed by atoms with Crippen molar-refractivity contribution in [2.45, 2.75) is 37.8 Å². The van der Waals surface area contributed by atoms with Gasteiger partial charge in [0, 0.05) is 37.1 Å². The lowest BCUT2D eigenvalue weighted by Gasteiger charge is -2.28. The molecule has 1 aliphatic carbocycles. The summed E-state index contributed by atoms with van der Waals surface area (Å²) in [5.41, 5.74) is 2.99. The summed E-state index contributed by atoms with van der Waals surface area (Å²) in [5.74, 6) is 0.908. The first-order chi connectivity index (χ1) is 15.4. The van der Waals surface area contributed by atoms with Gasteiger partial charge in [0.15, 0.2) is 5.65 Å². The minimum Gasteiger partial charge on any atom is -0.480 e. The van der Waals surface area contributed by atoms with Gasteiger partial charge in [-0.15, -0.1) is 0 Å². The Hall–Kier alpha value is -3.20. The lowest BCUT2D eigenvalue weighted by molar-refractivity contribution is 0.0681. The van der Waals surface area contributed by atoms with Crippen molar-refractivity contribution < 1.29 is 13.6 Å². The fraction of sp³-hybridized carbons (Fsp3) is 0.400. The van der Waals surface area contributed by atoms with Gasteiger partial charge in [-0.2, -0.15) is 15.1 Å². The molecule has 0 unspecified atom stereocenters. The molecule has 0 spiro atoms. The van der Waals surface area contributed by atoms with E-state index >= 15 is 0 Å². The zero-order chi connectivity index (χ0) is 22.3. The van der Waals surface area contributed by atoms with Crippen LogP contribution in [0.15, 0.2) is 30.7 Å². The third-order valence-corrected chi connectivity index (χ3v) is 5.40. The van der Waals surface area contributed by atoms with Crippen LogP contribution in [-0.2, 0) is 4.74 Å². The van der Waals surface area contributed by atoms with Crippen LogP contribution in [0.1, 0.15) is 29.8 Å². The van der Waals surface area contributed by atoms with Gasteiger partial charge in [-0.25, -0.2) is 9.50 Å². The van der Waals surface area contributed by atoms with Crippen LogP contribution in [0.2, 0.25) is 0 Å². The first-order valence-electron chi connectivity index (χ1n) is 11.1. The van der Waals surface area contributed by atoms with Crippen molar-refractivity contribution in [2.24, 2.45) is 0 Å². The van der Waals surface area contributed by atoms with Gasteiger partial charge in [0.05, 0.1) is 34.6 Å². The predicted molar refractivity (Wildman–Crippen MR) is 109 cm³/mol. The molecule has 2 N–H and O–H groups in total. The molecule has 9 nitrogen and oxygen atoms in total. The molecule has 9 heteroatoms. The van der Waals surface area contributed by atoms with Crippen molar-refractivity contribution in [2.75, 3.05) is 19.5 Å². The van der Waals surface area contributed by atoms with Crippen LogP contribution in [0.5, 0.6) is 5.88 Å². The van der Waals surface area contributed by atoms with Crippen molar-refractivity contribution in [3.8, 4) is 17.1 Å². The van der Waals surface area contributed by atoms with E-state index in [9.17, 15) is 0 Å². The number of nitrogens with one attached hydrogen (secondary N) is 2. The monoisotopic (exact) mass is 396 g/mol. The SMILES string of the molecule is [2H]C([2H])([2H])OC1CCC(Nc2nc(OC)c3c(-c4ccn5nccc5n4)c[nH]c3n2)CC1. The number of aromatic nitrogens is 6. The highest BCUT2D eigenvalue weighted by Gasteiger charge is 2.23. The fourth-order valence-corrected chi connectivity index (χ4v) is 3.88. The highest BCUT2D eigenvalue weighted by Crippen LogP contribution is 2.34. The van der Waals surface area contributed by atoms with Crippen LogP contribution in [0.4, 0.5) is 5.95 Å². The van der Waals surface area contributed by atoms with Crippen molar-refractivity contribution in [1.29, 1.82) is 0 Å². The molecular formula is C20H23N7O2. The second kappa shape index (κ2) is 7.32. The molecule has 0 bridgehead atoms. The molecule has 5 rings (SSSR count). The number of ether oxygens (including phenoxy) is 2. The number of anilines is 1. The predicted octanol–water partition coefficient (Wildman–Crippen LogP) is 3.05. The molecule has 1 saturated carbocycles. The maximum absolute atomic E-state index is 7.26. The third kappa shape index (κ3) is 3.27. The number of methoxy groups -OCH3 is 2. The first-order valence-corrected chi connectivity index (χ1v) is 9.58. The lowest BCUT2D eigenvalue weighted by Crippen LogP contribution is -2.29. The van der Waals surface area contributed by atoms with Gasteiger partial charge in [0.1, 0.15) is 5.65 Å². The van der Waals surface area contributed by atoms with E-state index in [2.05, 4.69) is 30.4 Å². The van der Waals surface area contributed by atoms with Crippen LogP contribution in [-0.4, -0.2) is 55.8 Å². The van der Waals surface area contributed by atoms with Gasteiger partial charge in [-0.3, -0.25) is 0 Å². The zero-order valence-corrected chi connectivity index (χ0v) is 15.9.